The summed E-state index contributed by atoms with van der Waals surface area (Å²) in [5, 5.41) is 10.3. The molecule has 0 N–H and O–H groups in total. The molecule has 0 radical (unpaired) electrons. The van der Waals surface area contributed by atoms with Gasteiger partial charge in [0.25, 0.3) is 5.56 Å². The van der Waals surface area contributed by atoms with Gasteiger partial charge in [-0.3, -0.25) is 4.79 Å². The van der Waals surface area contributed by atoms with Gasteiger partial charge in [-0.05, 0) is 35.0 Å². The van der Waals surface area contributed by atoms with Crippen LogP contribution in [-0.2, 0) is 0 Å². The number of hydrogen-bond acceptors (Lipinski definition) is 4. The molecule has 6 aromatic rings. The van der Waals surface area contributed by atoms with Crippen molar-refractivity contribution in [1.29, 1.82) is 0 Å². The lowest BCUT2D eigenvalue weighted by atomic mass is 9.98. The first-order valence-corrected chi connectivity index (χ1v) is 8.46. The highest BCUT2D eigenvalue weighted by Gasteiger charge is 2.17. The first-order chi connectivity index (χ1) is 11.8. The van der Waals surface area contributed by atoms with Gasteiger partial charge in [0.1, 0.15) is 6.33 Å². The fourth-order valence-electron chi connectivity index (χ4n) is 3.72. The first kappa shape index (κ1) is 12.4. The summed E-state index contributed by atoms with van der Waals surface area (Å²) in [6, 6.07) is 16.6. The van der Waals surface area contributed by atoms with Crippen molar-refractivity contribution in [2.24, 2.45) is 0 Å². The Morgan fingerprint density at radius 3 is 2.58 bits per heavy atom. The van der Waals surface area contributed by atoms with Crippen molar-refractivity contribution in [3.05, 3.63) is 65.2 Å². The summed E-state index contributed by atoms with van der Waals surface area (Å²) in [6.45, 7) is 0. The SMILES string of the molecule is O=c1c2ccc3sc4ccccc4c4ccc(c2c34)c2ncnn12. The maximum Gasteiger partial charge on any atom is 0.280 e. The maximum absolute atomic E-state index is 12.8. The van der Waals surface area contributed by atoms with Crippen molar-refractivity contribution >= 4 is 58.7 Å². The van der Waals surface area contributed by atoms with Gasteiger partial charge in [-0.25, -0.2) is 4.98 Å². The first-order valence-electron chi connectivity index (χ1n) is 7.65. The fourth-order valence-corrected chi connectivity index (χ4v) is 4.84. The summed E-state index contributed by atoms with van der Waals surface area (Å²) >= 11 is 1.76. The lowest BCUT2D eigenvalue weighted by molar-refractivity contribution is 0.934. The average Bonchev–Trinajstić information content (AvgIpc) is 3.11. The Balaban J connectivity index is 2.07. The van der Waals surface area contributed by atoms with E-state index in [2.05, 4.69) is 46.5 Å². The lowest BCUT2D eigenvalue weighted by Gasteiger charge is -2.12. The number of fused-ring (bicyclic) bond motifs is 4. The highest BCUT2D eigenvalue weighted by Crippen LogP contribution is 2.40. The van der Waals surface area contributed by atoms with Crippen LogP contribution in [-0.4, -0.2) is 14.6 Å². The smallest absolute Gasteiger partial charge is 0.267 e. The molecule has 0 spiro atoms. The summed E-state index contributed by atoms with van der Waals surface area (Å²) in [6.07, 6.45) is 1.44. The van der Waals surface area contributed by atoms with Gasteiger partial charge in [0.05, 0.1) is 5.39 Å². The van der Waals surface area contributed by atoms with Crippen LogP contribution >= 0.6 is 11.3 Å². The molecule has 0 bridgehead atoms. The molecule has 4 nitrogen and oxygen atoms in total. The lowest BCUT2D eigenvalue weighted by Crippen LogP contribution is -2.14. The topological polar surface area (TPSA) is 47.3 Å². The zero-order valence-corrected chi connectivity index (χ0v) is 13.2. The van der Waals surface area contributed by atoms with Gasteiger partial charge in [-0.15, -0.1) is 11.3 Å². The number of benzene rings is 3. The molecule has 0 fully saturated rings. The van der Waals surface area contributed by atoms with E-state index in [9.17, 15) is 4.79 Å². The van der Waals surface area contributed by atoms with Gasteiger partial charge in [-0.1, -0.05) is 24.3 Å². The second-order valence-corrected chi connectivity index (χ2v) is 7.00. The number of hydrogen-bond donors (Lipinski definition) is 0. The number of nitrogens with zero attached hydrogens (tertiary/aromatic N) is 3. The molecule has 0 atom stereocenters. The minimum Gasteiger partial charge on any atom is -0.267 e. The molecule has 0 unspecified atom stereocenters. The van der Waals surface area contributed by atoms with Gasteiger partial charge in [0.2, 0.25) is 0 Å². The molecular weight excluding hydrogens is 318 g/mol. The molecule has 0 aliphatic heterocycles. The Bertz CT molecular complexity index is 1480. The van der Waals surface area contributed by atoms with E-state index in [1.54, 1.807) is 11.3 Å². The predicted molar refractivity (Wildman–Crippen MR) is 98.3 cm³/mol. The summed E-state index contributed by atoms with van der Waals surface area (Å²) in [5.41, 5.74) is 0.516. The number of aromatic nitrogens is 3. The third-order valence-corrected chi connectivity index (χ3v) is 5.87. The molecule has 3 heterocycles. The van der Waals surface area contributed by atoms with Crippen LogP contribution in [0.4, 0.5) is 0 Å². The van der Waals surface area contributed by atoms with Crippen molar-refractivity contribution in [2.75, 3.05) is 0 Å². The molecule has 0 amide bonds. The molecule has 24 heavy (non-hydrogen) atoms. The quantitative estimate of drug-likeness (QED) is 0.310. The predicted octanol–water partition coefficient (Wildman–Crippen LogP) is 4.20. The van der Waals surface area contributed by atoms with Crippen LogP contribution in [0, 0.1) is 0 Å². The van der Waals surface area contributed by atoms with E-state index in [0.29, 0.717) is 11.0 Å². The van der Waals surface area contributed by atoms with E-state index in [-0.39, 0.29) is 5.56 Å². The second kappa shape index (κ2) is 4.07. The van der Waals surface area contributed by atoms with Crippen LogP contribution in [0.2, 0.25) is 0 Å². The third kappa shape index (κ3) is 1.32. The monoisotopic (exact) mass is 327 g/mol. The number of pyridine rings is 1. The highest BCUT2D eigenvalue weighted by molar-refractivity contribution is 7.25. The van der Waals surface area contributed by atoms with Gasteiger partial charge >= 0.3 is 0 Å². The molecule has 0 saturated heterocycles. The normalized spacial score (nSPS) is 12.3. The van der Waals surface area contributed by atoms with Crippen molar-refractivity contribution in [2.45, 2.75) is 0 Å². The molecule has 5 heteroatoms. The Morgan fingerprint density at radius 2 is 1.62 bits per heavy atom. The maximum atomic E-state index is 12.8. The van der Waals surface area contributed by atoms with E-state index >= 15 is 0 Å². The second-order valence-electron chi connectivity index (χ2n) is 5.92. The van der Waals surface area contributed by atoms with Gasteiger partial charge in [0.15, 0.2) is 5.65 Å². The highest BCUT2D eigenvalue weighted by atomic mass is 32.1. The molecule has 112 valence electrons. The Labute approximate surface area is 138 Å². The van der Waals surface area contributed by atoms with Gasteiger partial charge in [0, 0.05) is 25.6 Å². The van der Waals surface area contributed by atoms with Crippen molar-refractivity contribution in [3.8, 4) is 0 Å². The largest absolute Gasteiger partial charge is 0.280 e. The van der Waals surface area contributed by atoms with Crippen LogP contribution in [0.5, 0.6) is 0 Å². The molecule has 0 saturated carbocycles. The van der Waals surface area contributed by atoms with Crippen LogP contribution < -0.4 is 5.56 Å². The van der Waals surface area contributed by atoms with Gasteiger partial charge < -0.3 is 0 Å². The summed E-state index contributed by atoms with van der Waals surface area (Å²) in [7, 11) is 0. The van der Waals surface area contributed by atoms with E-state index in [1.165, 1.54) is 31.0 Å². The van der Waals surface area contributed by atoms with Crippen LogP contribution in [0.1, 0.15) is 0 Å². The molecular formula is C19H9N3OS. The molecule has 3 aromatic heterocycles. The Kier molecular flexibility index (Phi) is 2.10. The van der Waals surface area contributed by atoms with E-state index in [4.69, 9.17) is 0 Å². The van der Waals surface area contributed by atoms with Crippen molar-refractivity contribution in [3.63, 3.8) is 0 Å². The Hall–Kier alpha value is -3.05. The number of rotatable bonds is 0. The van der Waals surface area contributed by atoms with Crippen LogP contribution in [0.15, 0.2) is 59.7 Å². The van der Waals surface area contributed by atoms with Gasteiger partial charge in [-0.2, -0.15) is 9.61 Å². The minimum absolute atomic E-state index is 0.109. The fraction of sp³-hybridized carbons (Fsp3) is 0. The van der Waals surface area contributed by atoms with Crippen LogP contribution in [0.3, 0.4) is 0 Å². The summed E-state index contributed by atoms with van der Waals surface area (Å²) in [4.78, 5) is 17.1. The minimum atomic E-state index is -0.109. The van der Waals surface area contributed by atoms with Crippen molar-refractivity contribution in [1.82, 2.24) is 14.6 Å². The van der Waals surface area contributed by atoms with Crippen LogP contribution in [0.25, 0.3) is 47.4 Å². The van der Waals surface area contributed by atoms with Crippen molar-refractivity contribution < 1.29 is 0 Å². The summed E-state index contributed by atoms with van der Waals surface area (Å²) < 4.78 is 3.83. The van der Waals surface area contributed by atoms with E-state index in [0.717, 1.165) is 16.2 Å². The molecule has 0 aliphatic carbocycles. The summed E-state index contributed by atoms with van der Waals surface area (Å²) in [5.74, 6) is 0. The zero-order chi connectivity index (χ0) is 15.8. The van der Waals surface area contributed by atoms with E-state index < -0.39 is 0 Å². The molecule has 6 rings (SSSR count). The Morgan fingerprint density at radius 1 is 0.792 bits per heavy atom. The third-order valence-electron chi connectivity index (χ3n) is 4.73. The molecule has 0 aliphatic rings. The van der Waals surface area contributed by atoms with E-state index in [1.807, 2.05) is 12.1 Å². The zero-order valence-electron chi connectivity index (χ0n) is 12.4. The average molecular weight is 327 g/mol. The standard InChI is InChI=1S/C19H9N3OS/c23-19-13-7-8-15-17-11(10-3-1-2-4-14(10)24-15)5-6-12(16(13)17)18-20-9-21-22(18)19/h1-9H. The molecule has 3 aromatic carbocycles.